The van der Waals surface area contributed by atoms with Crippen molar-refractivity contribution in [3.63, 3.8) is 0 Å². The van der Waals surface area contributed by atoms with Gasteiger partial charge in [-0.2, -0.15) is 0 Å². The summed E-state index contributed by atoms with van der Waals surface area (Å²) in [6.07, 6.45) is -2.72. The first kappa shape index (κ1) is 19.7. The Kier molecular flexibility index (Phi) is 5.50. The van der Waals surface area contributed by atoms with Gasteiger partial charge in [0.2, 0.25) is 0 Å². The molecule has 30 heavy (non-hydrogen) atoms. The molecule has 0 unspecified atom stereocenters. The van der Waals surface area contributed by atoms with Crippen LogP contribution >= 0.6 is 0 Å². The minimum atomic E-state index is -1.91. The van der Waals surface area contributed by atoms with Crippen molar-refractivity contribution in [1.82, 2.24) is 5.32 Å². The summed E-state index contributed by atoms with van der Waals surface area (Å²) in [5.74, 6) is -1.80. The Morgan fingerprint density at radius 3 is 2.00 bits per heavy atom. The standard InChI is InChI=1S/C24H21NO5/c26-22(23(27)28)21(15-8-2-1-3-9-15)25-24(29)30-14-20-18-12-6-4-10-16(18)17-11-5-7-13-19(17)20/h1-13,20-22,26H,14H2,(H,25,29)(H,27,28)/p-1/t21-,22+/m0/s1. The maximum Gasteiger partial charge on any atom is 0.407 e. The van der Waals surface area contributed by atoms with E-state index in [1.54, 1.807) is 30.3 Å². The topological polar surface area (TPSA) is 98.7 Å². The van der Waals surface area contributed by atoms with Gasteiger partial charge in [-0.15, -0.1) is 0 Å². The van der Waals surface area contributed by atoms with E-state index in [0.717, 1.165) is 22.3 Å². The summed E-state index contributed by atoms with van der Waals surface area (Å²) in [4.78, 5) is 23.7. The first-order valence-corrected chi connectivity index (χ1v) is 9.61. The van der Waals surface area contributed by atoms with Crippen molar-refractivity contribution >= 4 is 12.1 Å². The van der Waals surface area contributed by atoms with Crippen LogP contribution in [0.1, 0.15) is 28.7 Å². The molecule has 0 aromatic heterocycles. The van der Waals surface area contributed by atoms with Crippen LogP contribution in [0.2, 0.25) is 0 Å². The number of aliphatic hydroxyl groups excluding tert-OH is 1. The Morgan fingerprint density at radius 2 is 1.43 bits per heavy atom. The number of carbonyl (C=O) groups excluding carboxylic acids is 2. The van der Waals surface area contributed by atoms with Gasteiger partial charge in [0.05, 0.1) is 12.0 Å². The van der Waals surface area contributed by atoms with Gasteiger partial charge in [0.1, 0.15) is 12.7 Å². The number of carboxylic acid groups (broad SMARTS) is 1. The molecule has 6 nitrogen and oxygen atoms in total. The van der Waals surface area contributed by atoms with Gasteiger partial charge in [-0.05, 0) is 27.8 Å². The summed E-state index contributed by atoms with van der Waals surface area (Å²) in [5.41, 5.74) is 4.79. The van der Waals surface area contributed by atoms with Gasteiger partial charge in [-0.25, -0.2) is 4.79 Å². The fraction of sp³-hybridized carbons (Fsp3) is 0.167. The molecule has 3 aromatic carbocycles. The van der Waals surface area contributed by atoms with Crippen LogP contribution in [-0.2, 0) is 9.53 Å². The molecule has 0 bridgehead atoms. The number of ether oxygens (including phenoxy) is 1. The first-order chi connectivity index (χ1) is 14.6. The molecule has 0 radical (unpaired) electrons. The smallest absolute Gasteiger partial charge is 0.407 e. The third kappa shape index (κ3) is 3.77. The Balaban J connectivity index is 1.50. The van der Waals surface area contributed by atoms with E-state index in [2.05, 4.69) is 5.32 Å². The van der Waals surface area contributed by atoms with E-state index in [-0.39, 0.29) is 12.5 Å². The van der Waals surface area contributed by atoms with Crippen molar-refractivity contribution in [2.45, 2.75) is 18.1 Å². The van der Waals surface area contributed by atoms with Crippen molar-refractivity contribution < 1.29 is 24.5 Å². The minimum absolute atomic E-state index is 0.0861. The number of benzene rings is 3. The van der Waals surface area contributed by atoms with E-state index in [1.165, 1.54) is 0 Å². The summed E-state index contributed by atoms with van der Waals surface area (Å²) in [6.45, 7) is 0.0861. The number of carboxylic acids is 1. The van der Waals surface area contributed by atoms with E-state index in [0.29, 0.717) is 5.56 Å². The highest BCUT2D eigenvalue weighted by molar-refractivity contribution is 5.79. The van der Waals surface area contributed by atoms with Crippen LogP contribution in [0.3, 0.4) is 0 Å². The molecule has 2 N–H and O–H groups in total. The van der Waals surface area contributed by atoms with Crippen LogP contribution in [0.5, 0.6) is 0 Å². The number of rotatable bonds is 6. The number of hydrogen-bond acceptors (Lipinski definition) is 5. The molecular weight excluding hydrogens is 382 g/mol. The number of amides is 1. The Hall–Kier alpha value is -3.64. The molecule has 1 aliphatic rings. The van der Waals surface area contributed by atoms with Crippen LogP contribution in [0.4, 0.5) is 4.79 Å². The second kappa shape index (κ2) is 8.39. The normalized spacial score (nSPS) is 14.3. The van der Waals surface area contributed by atoms with E-state index in [4.69, 9.17) is 4.74 Å². The summed E-state index contributed by atoms with van der Waals surface area (Å²) in [5, 5.41) is 23.6. The molecule has 0 spiro atoms. The number of alkyl carbamates (subject to hydrolysis) is 1. The Morgan fingerprint density at radius 1 is 0.900 bits per heavy atom. The molecule has 1 amide bonds. The Labute approximate surface area is 173 Å². The third-order valence-corrected chi connectivity index (χ3v) is 5.33. The molecule has 6 heteroatoms. The zero-order valence-electron chi connectivity index (χ0n) is 16.0. The molecule has 1 aliphatic carbocycles. The van der Waals surface area contributed by atoms with Gasteiger partial charge in [0.25, 0.3) is 0 Å². The molecule has 4 rings (SSSR count). The molecule has 0 saturated heterocycles. The summed E-state index contributed by atoms with van der Waals surface area (Å²) in [6, 6.07) is 23.1. The predicted octanol–water partition coefficient (Wildman–Crippen LogP) is 2.38. The van der Waals surface area contributed by atoms with Crippen molar-refractivity contribution in [3.05, 3.63) is 95.6 Å². The van der Waals surface area contributed by atoms with Crippen LogP contribution < -0.4 is 10.4 Å². The lowest BCUT2D eigenvalue weighted by molar-refractivity contribution is -0.316. The average molecular weight is 402 g/mol. The number of fused-ring (bicyclic) bond motifs is 3. The summed E-state index contributed by atoms with van der Waals surface area (Å²) >= 11 is 0. The number of aliphatic carboxylic acids is 1. The van der Waals surface area contributed by atoms with Gasteiger partial charge in [-0.3, -0.25) is 0 Å². The summed E-state index contributed by atoms with van der Waals surface area (Å²) < 4.78 is 5.45. The minimum Gasteiger partial charge on any atom is -0.547 e. The molecule has 0 saturated carbocycles. The molecule has 3 aromatic rings. The van der Waals surface area contributed by atoms with E-state index >= 15 is 0 Å². The third-order valence-electron chi connectivity index (χ3n) is 5.33. The van der Waals surface area contributed by atoms with Gasteiger partial charge in [0, 0.05) is 5.92 Å². The quantitative estimate of drug-likeness (QED) is 0.660. The Bertz CT molecular complexity index is 1020. The van der Waals surface area contributed by atoms with Crippen molar-refractivity contribution in [2.75, 3.05) is 6.61 Å². The molecule has 0 heterocycles. The molecule has 152 valence electrons. The van der Waals surface area contributed by atoms with Crippen molar-refractivity contribution in [3.8, 4) is 11.1 Å². The lowest BCUT2D eigenvalue weighted by Crippen LogP contribution is -2.46. The van der Waals surface area contributed by atoms with Crippen LogP contribution in [0.15, 0.2) is 78.9 Å². The molecule has 0 aliphatic heterocycles. The lowest BCUT2D eigenvalue weighted by atomic mass is 9.98. The van der Waals surface area contributed by atoms with Crippen molar-refractivity contribution in [2.24, 2.45) is 0 Å². The van der Waals surface area contributed by atoms with Gasteiger partial charge >= 0.3 is 6.09 Å². The van der Waals surface area contributed by atoms with Gasteiger partial charge < -0.3 is 25.1 Å². The highest BCUT2D eigenvalue weighted by Gasteiger charge is 2.30. The fourth-order valence-corrected chi connectivity index (χ4v) is 3.91. The summed E-state index contributed by atoms with van der Waals surface area (Å²) in [7, 11) is 0. The van der Waals surface area contributed by atoms with E-state index < -0.39 is 24.2 Å². The maximum atomic E-state index is 12.5. The number of aliphatic hydroxyl groups is 1. The second-order valence-electron chi connectivity index (χ2n) is 7.12. The zero-order chi connectivity index (χ0) is 21.1. The lowest BCUT2D eigenvalue weighted by Gasteiger charge is -2.25. The average Bonchev–Trinajstić information content (AvgIpc) is 3.10. The first-order valence-electron chi connectivity index (χ1n) is 9.61. The largest absolute Gasteiger partial charge is 0.547 e. The van der Waals surface area contributed by atoms with E-state index in [9.17, 15) is 19.8 Å². The maximum absolute atomic E-state index is 12.5. The van der Waals surface area contributed by atoms with Gasteiger partial charge in [0.15, 0.2) is 0 Å². The predicted molar refractivity (Wildman–Crippen MR) is 108 cm³/mol. The second-order valence-corrected chi connectivity index (χ2v) is 7.12. The van der Waals surface area contributed by atoms with Gasteiger partial charge in [-0.1, -0.05) is 78.9 Å². The van der Waals surface area contributed by atoms with Crippen LogP contribution in [0, 0.1) is 0 Å². The SMILES string of the molecule is O=C(N[C@@H](c1ccccc1)[C@@H](O)C(=O)[O-])OCC1c2ccccc2-c2ccccc21. The van der Waals surface area contributed by atoms with Crippen molar-refractivity contribution in [1.29, 1.82) is 0 Å². The molecular formula is C24H20NO5-. The molecule has 0 fully saturated rings. The number of hydrogen-bond donors (Lipinski definition) is 2. The monoisotopic (exact) mass is 402 g/mol. The van der Waals surface area contributed by atoms with Crippen LogP contribution in [0.25, 0.3) is 11.1 Å². The fourth-order valence-electron chi connectivity index (χ4n) is 3.91. The van der Waals surface area contributed by atoms with E-state index in [1.807, 2.05) is 48.5 Å². The zero-order valence-corrected chi connectivity index (χ0v) is 16.0. The number of nitrogens with one attached hydrogen (secondary N) is 1. The molecule has 2 atom stereocenters. The highest BCUT2D eigenvalue weighted by Crippen LogP contribution is 2.44. The van der Waals surface area contributed by atoms with Crippen LogP contribution in [-0.4, -0.2) is 29.9 Å². The number of carbonyl (C=O) groups is 2. The highest BCUT2D eigenvalue weighted by atomic mass is 16.5.